The lowest BCUT2D eigenvalue weighted by atomic mass is 9.85. The molecule has 0 aliphatic heterocycles. The Hall–Kier alpha value is -0.870. The first-order valence-corrected chi connectivity index (χ1v) is 6.13. The molecule has 2 rings (SSSR count). The van der Waals surface area contributed by atoms with Crippen molar-refractivity contribution in [1.82, 2.24) is 15.1 Å². The zero-order valence-electron chi connectivity index (χ0n) is 9.89. The van der Waals surface area contributed by atoms with E-state index in [9.17, 15) is 0 Å². The summed E-state index contributed by atoms with van der Waals surface area (Å²) in [5.41, 5.74) is 1.19. The molecular formula is C12H21N3O. The largest absolute Gasteiger partial charge is 0.395 e. The predicted octanol–water partition coefficient (Wildman–Crippen LogP) is 1.15. The highest BCUT2D eigenvalue weighted by Gasteiger charge is 2.17. The Bertz CT molecular complexity index is 320. The Kier molecular flexibility index (Phi) is 3.96. The molecule has 1 saturated carbocycles. The molecule has 1 unspecified atom stereocenters. The zero-order chi connectivity index (χ0) is 11.4. The van der Waals surface area contributed by atoms with E-state index in [0.717, 1.165) is 19.0 Å². The molecule has 4 heteroatoms. The van der Waals surface area contributed by atoms with Crippen LogP contribution in [0.3, 0.4) is 0 Å². The molecule has 0 aromatic carbocycles. The molecule has 1 fully saturated rings. The summed E-state index contributed by atoms with van der Waals surface area (Å²) in [5.74, 6) is 0.845. The number of hydrogen-bond donors (Lipinski definition) is 2. The van der Waals surface area contributed by atoms with Gasteiger partial charge in [0.15, 0.2) is 0 Å². The van der Waals surface area contributed by atoms with Crippen LogP contribution in [0.1, 0.15) is 31.7 Å². The quantitative estimate of drug-likeness (QED) is 0.760. The summed E-state index contributed by atoms with van der Waals surface area (Å²) in [6.45, 7) is 4.00. The number of nitrogens with one attached hydrogen (secondary N) is 1. The van der Waals surface area contributed by atoms with Gasteiger partial charge in [-0.15, -0.1) is 0 Å². The summed E-state index contributed by atoms with van der Waals surface area (Å²) in [5, 5.41) is 16.5. The summed E-state index contributed by atoms with van der Waals surface area (Å²) in [4.78, 5) is 0. The van der Waals surface area contributed by atoms with Gasteiger partial charge in [0.1, 0.15) is 0 Å². The number of aromatic nitrogens is 2. The van der Waals surface area contributed by atoms with Crippen molar-refractivity contribution in [2.45, 2.75) is 45.3 Å². The van der Waals surface area contributed by atoms with Crippen LogP contribution in [-0.4, -0.2) is 27.5 Å². The van der Waals surface area contributed by atoms with Gasteiger partial charge in [0.05, 0.1) is 12.8 Å². The van der Waals surface area contributed by atoms with Crippen molar-refractivity contribution >= 4 is 0 Å². The van der Waals surface area contributed by atoms with Crippen LogP contribution in [0.25, 0.3) is 0 Å². The van der Waals surface area contributed by atoms with Gasteiger partial charge in [-0.2, -0.15) is 5.10 Å². The van der Waals surface area contributed by atoms with Crippen molar-refractivity contribution in [3.8, 4) is 0 Å². The topological polar surface area (TPSA) is 50.1 Å². The van der Waals surface area contributed by atoms with Gasteiger partial charge in [0.25, 0.3) is 0 Å². The highest BCUT2D eigenvalue weighted by molar-refractivity contribution is 5.03. The minimum Gasteiger partial charge on any atom is -0.395 e. The fraction of sp³-hybridized carbons (Fsp3) is 0.750. The monoisotopic (exact) mass is 223 g/mol. The number of aliphatic hydroxyl groups is 1. The predicted molar refractivity (Wildman–Crippen MR) is 63.0 cm³/mol. The van der Waals surface area contributed by atoms with Crippen molar-refractivity contribution in [2.24, 2.45) is 5.92 Å². The first kappa shape index (κ1) is 11.6. The van der Waals surface area contributed by atoms with Gasteiger partial charge in [-0.25, -0.2) is 0 Å². The maximum atomic E-state index is 8.89. The molecular weight excluding hydrogens is 202 g/mol. The molecule has 0 bridgehead atoms. The minimum atomic E-state index is 0.148. The van der Waals surface area contributed by atoms with Gasteiger partial charge in [0, 0.05) is 30.9 Å². The van der Waals surface area contributed by atoms with E-state index in [0.29, 0.717) is 0 Å². The minimum absolute atomic E-state index is 0.148. The maximum Gasteiger partial charge on any atom is 0.0582 e. The van der Waals surface area contributed by atoms with Crippen molar-refractivity contribution < 1.29 is 5.11 Å². The Balaban J connectivity index is 1.77. The van der Waals surface area contributed by atoms with E-state index in [-0.39, 0.29) is 12.6 Å². The molecule has 1 aromatic heterocycles. The van der Waals surface area contributed by atoms with Gasteiger partial charge in [0.2, 0.25) is 0 Å². The molecule has 90 valence electrons. The highest BCUT2D eigenvalue weighted by Crippen LogP contribution is 2.27. The molecule has 1 heterocycles. The third-order valence-electron chi connectivity index (χ3n) is 3.29. The van der Waals surface area contributed by atoms with Crippen LogP contribution in [0.15, 0.2) is 12.4 Å². The molecule has 1 atom stereocenters. The summed E-state index contributed by atoms with van der Waals surface area (Å²) >= 11 is 0. The number of hydrogen-bond acceptors (Lipinski definition) is 3. The summed E-state index contributed by atoms with van der Waals surface area (Å²) in [6, 6.07) is 0.148. The zero-order valence-corrected chi connectivity index (χ0v) is 9.89. The highest BCUT2D eigenvalue weighted by atomic mass is 16.3. The van der Waals surface area contributed by atoms with Crippen molar-refractivity contribution in [1.29, 1.82) is 0 Å². The molecule has 0 amide bonds. The number of nitrogens with zero attached hydrogens (tertiary/aromatic N) is 2. The van der Waals surface area contributed by atoms with E-state index in [1.807, 2.05) is 17.8 Å². The van der Waals surface area contributed by atoms with Crippen LogP contribution in [0.4, 0.5) is 0 Å². The molecule has 4 nitrogen and oxygen atoms in total. The van der Waals surface area contributed by atoms with Gasteiger partial charge in [-0.3, -0.25) is 4.68 Å². The van der Waals surface area contributed by atoms with Crippen LogP contribution >= 0.6 is 0 Å². The van der Waals surface area contributed by atoms with E-state index in [4.69, 9.17) is 5.11 Å². The lowest BCUT2D eigenvalue weighted by Crippen LogP contribution is -2.28. The van der Waals surface area contributed by atoms with Crippen LogP contribution in [0, 0.1) is 5.92 Å². The summed E-state index contributed by atoms with van der Waals surface area (Å²) in [7, 11) is 0. The number of rotatable bonds is 6. The second-order valence-electron chi connectivity index (χ2n) is 4.83. The van der Waals surface area contributed by atoms with E-state index in [1.165, 1.54) is 24.8 Å². The molecule has 0 saturated heterocycles. The Morgan fingerprint density at radius 1 is 1.62 bits per heavy atom. The molecule has 1 aromatic rings. The van der Waals surface area contributed by atoms with Crippen molar-refractivity contribution in [3.63, 3.8) is 0 Å². The van der Waals surface area contributed by atoms with Crippen LogP contribution < -0.4 is 5.32 Å². The van der Waals surface area contributed by atoms with Crippen LogP contribution in [0.2, 0.25) is 0 Å². The standard InChI is InChI=1S/C12H21N3O/c1-10(9-16)13-5-12-6-14-15(8-12)7-11-3-2-4-11/h6,8,10-11,13,16H,2-5,7,9H2,1H3. The fourth-order valence-electron chi connectivity index (χ4n) is 1.89. The van der Waals surface area contributed by atoms with E-state index < -0.39 is 0 Å². The molecule has 1 aliphatic carbocycles. The maximum absolute atomic E-state index is 8.89. The molecule has 0 spiro atoms. The van der Waals surface area contributed by atoms with E-state index in [1.54, 1.807) is 0 Å². The van der Waals surface area contributed by atoms with Crippen molar-refractivity contribution in [2.75, 3.05) is 6.61 Å². The van der Waals surface area contributed by atoms with Crippen LogP contribution in [-0.2, 0) is 13.1 Å². The normalized spacial score (nSPS) is 18.4. The molecule has 0 radical (unpaired) electrons. The van der Waals surface area contributed by atoms with Gasteiger partial charge in [-0.05, 0) is 25.7 Å². The Labute approximate surface area is 96.7 Å². The SMILES string of the molecule is CC(CO)NCc1cnn(CC2CCC2)c1. The van der Waals surface area contributed by atoms with E-state index >= 15 is 0 Å². The molecule has 2 N–H and O–H groups in total. The first-order chi connectivity index (χ1) is 7.78. The summed E-state index contributed by atoms with van der Waals surface area (Å²) in [6.07, 6.45) is 8.11. The smallest absolute Gasteiger partial charge is 0.0582 e. The average Bonchev–Trinajstić information content (AvgIpc) is 2.68. The second-order valence-corrected chi connectivity index (χ2v) is 4.83. The Morgan fingerprint density at radius 2 is 2.44 bits per heavy atom. The first-order valence-electron chi connectivity index (χ1n) is 6.13. The third-order valence-corrected chi connectivity index (χ3v) is 3.29. The molecule has 1 aliphatic rings. The molecule has 16 heavy (non-hydrogen) atoms. The summed E-state index contributed by atoms with van der Waals surface area (Å²) < 4.78 is 2.05. The lowest BCUT2D eigenvalue weighted by molar-refractivity contribution is 0.251. The van der Waals surface area contributed by atoms with Gasteiger partial charge < -0.3 is 10.4 Å². The van der Waals surface area contributed by atoms with Gasteiger partial charge >= 0.3 is 0 Å². The number of aliphatic hydroxyl groups excluding tert-OH is 1. The Morgan fingerprint density at radius 3 is 3.06 bits per heavy atom. The second kappa shape index (κ2) is 5.46. The van der Waals surface area contributed by atoms with E-state index in [2.05, 4.69) is 16.6 Å². The van der Waals surface area contributed by atoms with Gasteiger partial charge in [-0.1, -0.05) is 6.42 Å². The lowest BCUT2D eigenvalue weighted by Gasteiger charge is -2.24. The van der Waals surface area contributed by atoms with Crippen molar-refractivity contribution in [3.05, 3.63) is 18.0 Å². The average molecular weight is 223 g/mol. The fourth-order valence-corrected chi connectivity index (χ4v) is 1.89. The third kappa shape index (κ3) is 3.06. The van der Waals surface area contributed by atoms with Crippen LogP contribution in [0.5, 0.6) is 0 Å².